The molecule has 0 heterocycles. The Morgan fingerprint density at radius 1 is 0.471 bits per heavy atom. The SMILES string of the molecule is CC(C)O[Si](OC(C)C)(OC(C)C)C(F)(F)C(F)(F)C(F)(F)C(F)(F)C(F)(F)C(F)(F)C(C)F. The molecule has 0 aromatic heterocycles. The van der Waals surface area contributed by atoms with Crippen molar-refractivity contribution in [2.45, 2.75) is 108 Å². The molecule has 1 atom stereocenters. The minimum Gasteiger partial charge on any atom is -0.367 e. The van der Waals surface area contributed by atoms with Crippen LogP contribution in [0.1, 0.15) is 48.5 Å². The lowest BCUT2D eigenvalue weighted by atomic mass is 9.92. The zero-order valence-corrected chi connectivity index (χ0v) is 19.9. The van der Waals surface area contributed by atoms with Gasteiger partial charge in [-0.25, -0.2) is 4.39 Å². The molecule has 17 heteroatoms. The second kappa shape index (κ2) is 9.92. The second-order valence-corrected chi connectivity index (χ2v) is 10.6. The van der Waals surface area contributed by atoms with Gasteiger partial charge in [0.2, 0.25) is 0 Å². The van der Waals surface area contributed by atoms with Crippen molar-refractivity contribution in [1.29, 1.82) is 0 Å². The molecule has 0 aromatic carbocycles. The average Bonchev–Trinajstić information content (AvgIpc) is 2.58. The van der Waals surface area contributed by atoms with Crippen molar-refractivity contribution in [3.8, 4) is 0 Å². The zero-order chi connectivity index (χ0) is 27.9. The molecule has 0 aliphatic carbocycles. The van der Waals surface area contributed by atoms with Crippen LogP contribution in [-0.2, 0) is 13.3 Å². The maximum Gasteiger partial charge on any atom is 0.582 e. The molecule has 0 bridgehead atoms. The van der Waals surface area contributed by atoms with Gasteiger partial charge in [-0.1, -0.05) is 0 Å². The van der Waals surface area contributed by atoms with Gasteiger partial charge < -0.3 is 13.3 Å². The molecule has 0 saturated carbocycles. The maximum absolute atomic E-state index is 15.1. The number of hydrogen-bond acceptors (Lipinski definition) is 3. The number of rotatable bonds is 13. The molecule has 0 N–H and O–H groups in total. The lowest BCUT2D eigenvalue weighted by Gasteiger charge is -2.45. The summed E-state index contributed by atoms with van der Waals surface area (Å²) in [5.74, 6) is -37.5. The highest BCUT2D eigenvalue weighted by molar-refractivity contribution is 6.64. The molecule has 0 amide bonds. The Kier molecular flexibility index (Phi) is 9.68. The van der Waals surface area contributed by atoms with Gasteiger partial charge in [-0.05, 0) is 48.5 Å². The Balaban J connectivity index is 7.13. The van der Waals surface area contributed by atoms with E-state index in [-0.39, 0.29) is 0 Å². The first-order valence-corrected chi connectivity index (χ1v) is 11.4. The van der Waals surface area contributed by atoms with Crippen LogP contribution in [0.15, 0.2) is 0 Å². The van der Waals surface area contributed by atoms with Crippen LogP contribution in [0.5, 0.6) is 0 Å². The second-order valence-electron chi connectivity index (χ2n) is 8.17. The molecule has 0 saturated heterocycles. The van der Waals surface area contributed by atoms with Crippen LogP contribution in [0.2, 0.25) is 0 Å². The van der Waals surface area contributed by atoms with E-state index in [1.165, 1.54) is 0 Å². The first-order valence-electron chi connectivity index (χ1n) is 9.64. The van der Waals surface area contributed by atoms with E-state index in [0.29, 0.717) is 0 Å². The van der Waals surface area contributed by atoms with Crippen LogP contribution >= 0.6 is 0 Å². The van der Waals surface area contributed by atoms with E-state index in [0.717, 1.165) is 41.5 Å². The number of halogens is 13. The summed E-state index contributed by atoms with van der Waals surface area (Å²) in [6.45, 7) is 5.10. The lowest BCUT2D eigenvalue weighted by molar-refractivity contribution is -0.425. The smallest absolute Gasteiger partial charge is 0.367 e. The third kappa shape index (κ3) is 5.16. The summed E-state index contributed by atoms with van der Waals surface area (Å²) >= 11 is 0. The van der Waals surface area contributed by atoms with Crippen molar-refractivity contribution in [2.75, 3.05) is 0 Å². The minimum atomic E-state index is -7.90. The van der Waals surface area contributed by atoms with Gasteiger partial charge in [0.05, 0.1) is 0 Å². The molecule has 1 unspecified atom stereocenters. The van der Waals surface area contributed by atoms with Crippen LogP contribution < -0.4 is 0 Å². The molecule has 0 rings (SSSR count). The summed E-state index contributed by atoms with van der Waals surface area (Å²) in [7, 11) is -6.57. The lowest BCUT2D eigenvalue weighted by Crippen LogP contribution is -2.78. The Hall–Kier alpha value is -0.813. The Morgan fingerprint density at radius 2 is 0.735 bits per heavy atom. The molecule has 0 aromatic rings. The monoisotopic (exact) mass is 552 g/mol. The van der Waals surface area contributed by atoms with Crippen LogP contribution in [0.4, 0.5) is 57.1 Å². The van der Waals surface area contributed by atoms with Crippen LogP contribution in [-0.4, -0.2) is 68.4 Å². The molecule has 0 aliphatic rings. The molecule has 206 valence electrons. The largest absolute Gasteiger partial charge is 0.582 e. The van der Waals surface area contributed by atoms with Crippen molar-refractivity contribution in [3.05, 3.63) is 0 Å². The van der Waals surface area contributed by atoms with Gasteiger partial charge in [0, 0.05) is 18.3 Å². The maximum atomic E-state index is 15.1. The third-order valence-corrected chi connectivity index (χ3v) is 7.48. The van der Waals surface area contributed by atoms with Gasteiger partial charge >= 0.3 is 44.0 Å². The summed E-state index contributed by atoms with van der Waals surface area (Å²) < 4.78 is 197. The highest BCUT2D eigenvalue weighted by Gasteiger charge is 2.94. The van der Waals surface area contributed by atoms with Crippen LogP contribution in [0.25, 0.3) is 0 Å². The summed E-state index contributed by atoms with van der Waals surface area (Å²) in [6.07, 6.45) is -8.89. The van der Waals surface area contributed by atoms with Crippen molar-refractivity contribution in [1.82, 2.24) is 0 Å². The predicted octanol–water partition coefficient (Wildman–Crippen LogP) is 6.91. The van der Waals surface area contributed by atoms with Gasteiger partial charge in [-0.2, -0.15) is 52.7 Å². The Bertz CT molecular complexity index is 655. The third-order valence-electron chi connectivity index (χ3n) is 4.05. The summed E-state index contributed by atoms with van der Waals surface area (Å²) in [4.78, 5) is 0. The highest BCUT2D eigenvalue weighted by atomic mass is 28.4. The van der Waals surface area contributed by atoms with Crippen molar-refractivity contribution < 1.29 is 70.4 Å². The van der Waals surface area contributed by atoms with E-state index in [4.69, 9.17) is 0 Å². The Labute approximate surface area is 188 Å². The fourth-order valence-corrected chi connectivity index (χ4v) is 5.49. The zero-order valence-electron chi connectivity index (χ0n) is 18.9. The topological polar surface area (TPSA) is 27.7 Å². The summed E-state index contributed by atoms with van der Waals surface area (Å²) in [6, 6.07) is 0. The van der Waals surface area contributed by atoms with Crippen molar-refractivity contribution >= 4 is 8.80 Å². The standard InChI is InChI=1S/C17H25F13O3Si/c1-8(2)31-34(32-9(3)4,33-10(5)6)17(29,30)16(27,28)15(25,26)14(23,24)13(21,22)12(19,20)11(7)18/h8-11H,1-7H3. The molecule has 0 radical (unpaired) electrons. The fraction of sp³-hybridized carbons (Fsp3) is 1.00. The molecule has 0 spiro atoms. The van der Waals surface area contributed by atoms with Crippen molar-refractivity contribution in [3.63, 3.8) is 0 Å². The summed E-state index contributed by atoms with van der Waals surface area (Å²) in [5, 5.41) is 0. The van der Waals surface area contributed by atoms with E-state index in [1.807, 2.05) is 0 Å². The normalized spacial score (nSPS) is 16.7. The van der Waals surface area contributed by atoms with E-state index in [1.54, 1.807) is 0 Å². The van der Waals surface area contributed by atoms with E-state index in [9.17, 15) is 48.3 Å². The average molecular weight is 552 g/mol. The minimum absolute atomic E-state index is 0.448. The molecule has 0 fully saturated rings. The molecule has 34 heavy (non-hydrogen) atoms. The quantitative estimate of drug-likeness (QED) is 0.184. The van der Waals surface area contributed by atoms with E-state index >= 15 is 8.78 Å². The summed E-state index contributed by atoms with van der Waals surface area (Å²) in [5.41, 5.74) is -6.58. The van der Waals surface area contributed by atoms with Gasteiger partial charge in [0.1, 0.15) is 0 Å². The van der Waals surface area contributed by atoms with Crippen LogP contribution in [0, 0.1) is 0 Å². The highest BCUT2D eigenvalue weighted by Crippen LogP contribution is 2.62. The van der Waals surface area contributed by atoms with Gasteiger partial charge in [-0.3, -0.25) is 0 Å². The number of alkyl halides is 13. The number of hydrogen-bond donors (Lipinski definition) is 0. The molecule has 3 nitrogen and oxygen atoms in total. The van der Waals surface area contributed by atoms with Gasteiger partial charge in [0.15, 0.2) is 6.17 Å². The fourth-order valence-electron chi connectivity index (χ4n) is 2.48. The van der Waals surface area contributed by atoms with Gasteiger partial charge in [-0.15, -0.1) is 0 Å². The Morgan fingerprint density at radius 3 is 0.971 bits per heavy atom. The predicted molar refractivity (Wildman–Crippen MR) is 94.7 cm³/mol. The van der Waals surface area contributed by atoms with E-state index < -0.39 is 75.4 Å². The van der Waals surface area contributed by atoms with Crippen molar-refractivity contribution in [2.24, 2.45) is 0 Å². The first-order chi connectivity index (χ1) is 14.7. The van der Waals surface area contributed by atoms with Crippen LogP contribution in [0.3, 0.4) is 0 Å². The van der Waals surface area contributed by atoms with E-state index in [2.05, 4.69) is 13.3 Å². The molecular formula is C17H25F13O3Si. The first kappa shape index (κ1) is 33.2. The molecular weight excluding hydrogens is 527 g/mol. The molecule has 0 aliphatic heterocycles. The van der Waals surface area contributed by atoms with Gasteiger partial charge in [0.25, 0.3) is 0 Å².